The van der Waals surface area contributed by atoms with Gasteiger partial charge in [-0.15, -0.1) is 0 Å². The van der Waals surface area contributed by atoms with Gasteiger partial charge in [-0.05, 0) is 6.92 Å². The molecule has 0 fully saturated rings. The van der Waals surface area contributed by atoms with Crippen molar-refractivity contribution >= 4 is 18.1 Å². The SMILES string of the molecule is CCOc1ncc([B-](F)(F)F)cc1N.[K+]. The number of anilines is 1. The van der Waals surface area contributed by atoms with Gasteiger partial charge in [0.05, 0.1) is 12.3 Å². The number of nitrogen functional groups attached to an aromatic ring is 1. The van der Waals surface area contributed by atoms with Crippen molar-refractivity contribution in [1.29, 1.82) is 0 Å². The Hall–Kier alpha value is 0.241. The summed E-state index contributed by atoms with van der Waals surface area (Å²) in [7, 11) is 0. The van der Waals surface area contributed by atoms with Gasteiger partial charge in [-0.1, -0.05) is 11.5 Å². The van der Waals surface area contributed by atoms with E-state index in [2.05, 4.69) is 4.98 Å². The molecular weight excluding hydrogens is 235 g/mol. The Balaban J connectivity index is 0.00000196. The standard InChI is InChI=1S/C7H9BF3N2O.K/c1-2-14-7-6(12)3-5(4-13-7)8(9,10)11;/h3-4H,2,12H2,1H3;/q-1;+1. The summed E-state index contributed by atoms with van der Waals surface area (Å²) < 4.78 is 41.5. The fourth-order valence-electron chi connectivity index (χ4n) is 0.923. The Bertz CT molecular complexity index is 335. The molecule has 15 heavy (non-hydrogen) atoms. The van der Waals surface area contributed by atoms with Crippen LogP contribution in [0.15, 0.2) is 12.3 Å². The number of hydrogen-bond donors (Lipinski definition) is 1. The molecule has 2 N–H and O–H groups in total. The van der Waals surface area contributed by atoms with Gasteiger partial charge in [-0.2, -0.15) is 0 Å². The van der Waals surface area contributed by atoms with E-state index in [9.17, 15) is 12.9 Å². The minimum absolute atomic E-state index is 0. The Morgan fingerprint density at radius 1 is 1.47 bits per heavy atom. The van der Waals surface area contributed by atoms with Crippen molar-refractivity contribution in [2.45, 2.75) is 6.92 Å². The molecule has 1 heterocycles. The second-order valence-electron chi connectivity index (χ2n) is 2.67. The van der Waals surface area contributed by atoms with E-state index in [4.69, 9.17) is 10.5 Å². The molecule has 1 aromatic heterocycles. The third kappa shape index (κ3) is 4.31. The maximum Gasteiger partial charge on any atom is 1.00 e. The predicted octanol–water partition coefficient (Wildman–Crippen LogP) is -1.88. The van der Waals surface area contributed by atoms with E-state index in [0.29, 0.717) is 6.61 Å². The maximum atomic E-state index is 12.2. The zero-order chi connectivity index (χ0) is 10.8. The van der Waals surface area contributed by atoms with Crippen molar-refractivity contribution in [3.05, 3.63) is 12.3 Å². The molecule has 0 aliphatic heterocycles. The third-order valence-electron chi connectivity index (χ3n) is 1.56. The first kappa shape index (κ1) is 15.2. The van der Waals surface area contributed by atoms with Crippen molar-refractivity contribution in [2.24, 2.45) is 0 Å². The first-order valence-corrected chi connectivity index (χ1v) is 4.03. The van der Waals surface area contributed by atoms with Crippen LogP contribution in [0.5, 0.6) is 5.88 Å². The molecule has 0 unspecified atom stereocenters. The van der Waals surface area contributed by atoms with Crippen molar-refractivity contribution < 1.29 is 69.1 Å². The second-order valence-corrected chi connectivity index (χ2v) is 2.67. The second kappa shape index (κ2) is 6.09. The number of ether oxygens (including phenoxy) is 1. The average molecular weight is 244 g/mol. The van der Waals surface area contributed by atoms with Gasteiger partial charge in [0.1, 0.15) is 0 Å². The summed E-state index contributed by atoms with van der Waals surface area (Å²) >= 11 is 0. The van der Waals surface area contributed by atoms with Gasteiger partial charge in [0.2, 0.25) is 5.88 Å². The zero-order valence-electron chi connectivity index (χ0n) is 8.51. The van der Waals surface area contributed by atoms with Crippen LogP contribution in [0.3, 0.4) is 0 Å². The van der Waals surface area contributed by atoms with E-state index in [1.165, 1.54) is 0 Å². The normalized spacial score (nSPS) is 10.7. The maximum absolute atomic E-state index is 12.2. The Kier molecular flexibility index (Phi) is 6.19. The Labute approximate surface area is 128 Å². The fourth-order valence-corrected chi connectivity index (χ4v) is 0.923. The summed E-state index contributed by atoms with van der Waals surface area (Å²) in [6.07, 6.45) is 0.724. The summed E-state index contributed by atoms with van der Waals surface area (Å²) in [4.78, 5) is 3.48. The van der Waals surface area contributed by atoms with Gasteiger partial charge in [-0.3, -0.25) is 0 Å². The van der Waals surface area contributed by atoms with Crippen molar-refractivity contribution in [3.63, 3.8) is 0 Å². The molecule has 1 aromatic rings. The van der Waals surface area contributed by atoms with Crippen LogP contribution >= 0.6 is 0 Å². The van der Waals surface area contributed by atoms with Crippen molar-refractivity contribution in [2.75, 3.05) is 12.3 Å². The van der Waals surface area contributed by atoms with Crippen LogP contribution in [0.25, 0.3) is 0 Å². The van der Waals surface area contributed by atoms with Crippen molar-refractivity contribution in [3.8, 4) is 5.88 Å². The third-order valence-corrected chi connectivity index (χ3v) is 1.56. The molecule has 0 aliphatic carbocycles. The van der Waals surface area contributed by atoms with Gasteiger partial charge >= 0.3 is 58.4 Å². The molecule has 3 nitrogen and oxygen atoms in total. The molecule has 8 heteroatoms. The molecule has 0 atom stereocenters. The molecule has 0 saturated heterocycles. The first-order chi connectivity index (χ1) is 6.45. The van der Waals surface area contributed by atoms with Crippen molar-refractivity contribution in [1.82, 2.24) is 4.98 Å². The summed E-state index contributed by atoms with van der Waals surface area (Å²) in [5, 5.41) is 0. The van der Waals surface area contributed by atoms with Crippen LogP contribution < -0.4 is 67.3 Å². The minimum atomic E-state index is -5.05. The quantitative estimate of drug-likeness (QED) is 0.633. The van der Waals surface area contributed by atoms with E-state index < -0.39 is 12.4 Å². The Morgan fingerprint density at radius 2 is 2.07 bits per heavy atom. The van der Waals surface area contributed by atoms with Gasteiger partial charge in [0.15, 0.2) is 0 Å². The van der Waals surface area contributed by atoms with Gasteiger partial charge in [0.25, 0.3) is 0 Å². The molecular formula is C7H9BF3KN2O. The average Bonchev–Trinajstić information content (AvgIpc) is 2.07. The largest absolute Gasteiger partial charge is 1.00 e. The molecule has 0 saturated carbocycles. The number of nitrogens with zero attached hydrogens (tertiary/aromatic N) is 1. The van der Waals surface area contributed by atoms with Crippen LogP contribution in [0.4, 0.5) is 18.6 Å². The number of nitrogens with two attached hydrogens (primary N) is 1. The van der Waals surface area contributed by atoms with Gasteiger partial charge in [0, 0.05) is 6.20 Å². The number of rotatable bonds is 3. The number of pyridine rings is 1. The van der Waals surface area contributed by atoms with Gasteiger partial charge in [-0.25, -0.2) is 4.98 Å². The van der Waals surface area contributed by atoms with E-state index in [-0.39, 0.29) is 63.0 Å². The number of halogens is 3. The van der Waals surface area contributed by atoms with Gasteiger partial charge < -0.3 is 23.4 Å². The fraction of sp³-hybridized carbons (Fsp3) is 0.286. The van der Waals surface area contributed by atoms with Crippen LogP contribution in [0.1, 0.15) is 6.92 Å². The van der Waals surface area contributed by atoms with Crippen LogP contribution in [0.2, 0.25) is 0 Å². The molecule has 0 spiro atoms. The van der Waals surface area contributed by atoms with Crippen LogP contribution in [-0.2, 0) is 0 Å². The zero-order valence-corrected chi connectivity index (χ0v) is 11.6. The van der Waals surface area contributed by atoms with E-state index >= 15 is 0 Å². The molecule has 0 amide bonds. The van der Waals surface area contributed by atoms with E-state index in [1.807, 2.05) is 0 Å². The minimum Gasteiger partial charge on any atom is -0.477 e. The molecule has 0 bridgehead atoms. The monoisotopic (exact) mass is 244 g/mol. The van der Waals surface area contributed by atoms with Crippen LogP contribution in [0, 0.1) is 0 Å². The summed E-state index contributed by atoms with van der Waals surface area (Å²) in [5.41, 5.74) is 4.42. The molecule has 0 radical (unpaired) electrons. The summed E-state index contributed by atoms with van der Waals surface area (Å²) in [5.74, 6) is 0.0382. The topological polar surface area (TPSA) is 48.1 Å². The molecule has 0 aliphatic rings. The molecule has 0 aromatic carbocycles. The van der Waals surface area contributed by atoms with Crippen LogP contribution in [-0.4, -0.2) is 18.6 Å². The predicted molar refractivity (Wildman–Crippen MR) is 48.5 cm³/mol. The molecule has 1 rings (SSSR count). The van der Waals surface area contributed by atoms with E-state index in [1.54, 1.807) is 6.92 Å². The number of hydrogen-bond acceptors (Lipinski definition) is 3. The smallest absolute Gasteiger partial charge is 0.477 e. The summed E-state index contributed by atoms with van der Waals surface area (Å²) in [6.45, 7) is -3.04. The molecule has 78 valence electrons. The Morgan fingerprint density at radius 3 is 2.47 bits per heavy atom. The number of aromatic nitrogens is 1. The summed E-state index contributed by atoms with van der Waals surface area (Å²) in [6, 6.07) is 0.831. The first-order valence-electron chi connectivity index (χ1n) is 4.03. The van der Waals surface area contributed by atoms with E-state index in [0.717, 1.165) is 12.3 Å².